The maximum absolute atomic E-state index is 12.6. The Morgan fingerprint density at radius 2 is 1.89 bits per heavy atom. The highest BCUT2D eigenvalue weighted by Gasteiger charge is 2.34. The zero-order chi connectivity index (χ0) is 20.0. The minimum atomic E-state index is -0.389. The lowest BCUT2D eigenvalue weighted by atomic mass is 9.95. The molecule has 27 heavy (non-hydrogen) atoms. The molecule has 0 fully saturated rings. The Morgan fingerprint density at radius 1 is 1.22 bits per heavy atom. The number of carbonyl (C=O) groups is 2. The highest BCUT2D eigenvalue weighted by atomic mass is 32.1. The van der Waals surface area contributed by atoms with E-state index in [9.17, 15) is 9.59 Å². The molecule has 6 nitrogen and oxygen atoms in total. The van der Waals surface area contributed by atoms with Crippen molar-refractivity contribution in [1.29, 1.82) is 0 Å². The van der Waals surface area contributed by atoms with Gasteiger partial charge in [-0.3, -0.25) is 4.79 Å². The van der Waals surface area contributed by atoms with Gasteiger partial charge in [0.25, 0.3) is 0 Å². The maximum Gasteiger partial charge on any atom is 0.338 e. The van der Waals surface area contributed by atoms with Gasteiger partial charge in [0.2, 0.25) is 5.91 Å². The molecular weight excluding hydrogens is 362 g/mol. The Morgan fingerprint density at radius 3 is 2.44 bits per heavy atom. The summed E-state index contributed by atoms with van der Waals surface area (Å²) in [6, 6.07) is 7.04. The number of esters is 1. The Labute approximate surface area is 166 Å². The first kappa shape index (κ1) is 20.9. The molecule has 0 bridgehead atoms. The van der Waals surface area contributed by atoms with E-state index in [1.165, 1.54) is 0 Å². The molecule has 0 spiro atoms. The number of anilines is 1. The van der Waals surface area contributed by atoms with E-state index < -0.39 is 0 Å². The van der Waals surface area contributed by atoms with Crippen LogP contribution in [0.3, 0.4) is 0 Å². The summed E-state index contributed by atoms with van der Waals surface area (Å²) < 4.78 is 5.27. The van der Waals surface area contributed by atoms with Crippen molar-refractivity contribution in [3.8, 4) is 0 Å². The van der Waals surface area contributed by atoms with Crippen molar-refractivity contribution in [1.82, 2.24) is 10.2 Å². The van der Waals surface area contributed by atoms with Crippen molar-refractivity contribution in [3.05, 3.63) is 41.1 Å². The van der Waals surface area contributed by atoms with Crippen molar-refractivity contribution in [2.24, 2.45) is 0 Å². The second-order valence-electron chi connectivity index (χ2n) is 6.27. The van der Waals surface area contributed by atoms with Crippen LogP contribution >= 0.6 is 12.2 Å². The second-order valence-corrected chi connectivity index (χ2v) is 6.65. The lowest BCUT2D eigenvalue weighted by Gasteiger charge is -2.37. The van der Waals surface area contributed by atoms with Crippen LogP contribution in [0.5, 0.6) is 0 Å². The molecule has 0 saturated heterocycles. The lowest BCUT2D eigenvalue weighted by Crippen LogP contribution is -2.47. The number of rotatable bonds is 7. The monoisotopic (exact) mass is 389 g/mol. The molecule has 146 valence electrons. The van der Waals surface area contributed by atoms with Crippen LogP contribution in [0, 0.1) is 0 Å². The van der Waals surface area contributed by atoms with E-state index >= 15 is 0 Å². The Hall–Kier alpha value is -2.41. The van der Waals surface area contributed by atoms with Crippen LogP contribution in [0.4, 0.5) is 5.69 Å². The summed E-state index contributed by atoms with van der Waals surface area (Å²) in [6.07, 6.45) is 1.29. The van der Waals surface area contributed by atoms with Crippen LogP contribution in [0.2, 0.25) is 0 Å². The molecule has 2 rings (SSSR count). The number of hydrogen-bond acceptors (Lipinski definition) is 4. The summed E-state index contributed by atoms with van der Waals surface area (Å²) in [4.78, 5) is 26.2. The first-order chi connectivity index (χ1) is 12.9. The van der Waals surface area contributed by atoms with Gasteiger partial charge in [0.15, 0.2) is 5.11 Å². The van der Waals surface area contributed by atoms with E-state index in [0.29, 0.717) is 30.3 Å². The first-order valence-corrected chi connectivity index (χ1v) is 9.69. The number of carbonyl (C=O) groups excluding carboxylic acids is 2. The number of allylic oxidation sites excluding steroid dienone is 1. The van der Waals surface area contributed by atoms with Gasteiger partial charge in [-0.1, -0.05) is 19.1 Å². The van der Waals surface area contributed by atoms with Crippen molar-refractivity contribution in [2.75, 3.05) is 18.5 Å². The normalized spacial score (nSPS) is 16.8. The standard InChI is InChI=1S/C20H27N3O3S/c1-5-8-16(24)21-15-11-9-14(10-12-15)18-17(19(25)26-7-3)13(4)23(6-2)20(27)22-18/h9-12,18H,5-8H2,1-4H3,(H,21,24)(H,22,27). The fourth-order valence-corrected chi connectivity index (χ4v) is 3.48. The smallest absolute Gasteiger partial charge is 0.338 e. The molecule has 1 heterocycles. The van der Waals surface area contributed by atoms with Gasteiger partial charge in [-0.2, -0.15) is 0 Å². The van der Waals surface area contributed by atoms with E-state index in [-0.39, 0.29) is 17.9 Å². The van der Waals surface area contributed by atoms with Crippen molar-refractivity contribution < 1.29 is 14.3 Å². The number of thiocarbonyl (C=S) groups is 1. The van der Waals surface area contributed by atoms with Gasteiger partial charge in [-0.25, -0.2) is 4.79 Å². The van der Waals surface area contributed by atoms with Crippen molar-refractivity contribution in [3.63, 3.8) is 0 Å². The molecule has 2 N–H and O–H groups in total. The fraction of sp³-hybridized carbons (Fsp3) is 0.450. The summed E-state index contributed by atoms with van der Waals surface area (Å²) in [6.45, 7) is 8.58. The Kier molecular flexibility index (Phi) is 7.36. The van der Waals surface area contributed by atoms with Crippen LogP contribution in [0.1, 0.15) is 52.1 Å². The third-order valence-electron chi connectivity index (χ3n) is 4.41. The Balaban J connectivity index is 2.33. The predicted octanol–water partition coefficient (Wildman–Crippen LogP) is 3.51. The van der Waals surface area contributed by atoms with E-state index in [0.717, 1.165) is 23.4 Å². The third-order valence-corrected chi connectivity index (χ3v) is 4.75. The molecule has 7 heteroatoms. The minimum absolute atomic E-state index is 0.0104. The van der Waals surface area contributed by atoms with Gasteiger partial charge in [0, 0.05) is 24.4 Å². The number of amides is 1. The van der Waals surface area contributed by atoms with Gasteiger partial charge in [0.05, 0.1) is 18.2 Å². The van der Waals surface area contributed by atoms with Crippen molar-refractivity contribution >= 4 is 34.9 Å². The fourth-order valence-electron chi connectivity index (χ4n) is 3.09. The van der Waals surface area contributed by atoms with Gasteiger partial charge in [-0.05, 0) is 57.1 Å². The zero-order valence-corrected chi connectivity index (χ0v) is 17.1. The molecule has 1 aliphatic heterocycles. The summed E-state index contributed by atoms with van der Waals surface area (Å²) in [5.41, 5.74) is 2.95. The average molecular weight is 390 g/mol. The number of benzene rings is 1. The molecule has 0 radical (unpaired) electrons. The van der Waals surface area contributed by atoms with Gasteiger partial charge < -0.3 is 20.3 Å². The van der Waals surface area contributed by atoms with Crippen LogP contribution in [-0.2, 0) is 14.3 Å². The zero-order valence-electron chi connectivity index (χ0n) is 16.3. The average Bonchev–Trinajstić information content (AvgIpc) is 2.62. The second kappa shape index (κ2) is 9.50. The molecule has 0 saturated carbocycles. The molecule has 1 atom stereocenters. The molecule has 1 unspecified atom stereocenters. The number of ether oxygens (including phenoxy) is 1. The highest BCUT2D eigenvalue weighted by Crippen LogP contribution is 2.31. The topological polar surface area (TPSA) is 70.7 Å². The SMILES string of the molecule is CCCC(=O)Nc1ccc(C2NC(=S)N(CC)C(C)=C2C(=O)OCC)cc1. The maximum atomic E-state index is 12.6. The highest BCUT2D eigenvalue weighted by molar-refractivity contribution is 7.80. The van der Waals surface area contributed by atoms with E-state index in [1.54, 1.807) is 6.92 Å². The Bertz CT molecular complexity index is 743. The molecule has 1 amide bonds. The van der Waals surface area contributed by atoms with E-state index in [2.05, 4.69) is 10.6 Å². The summed E-state index contributed by atoms with van der Waals surface area (Å²) in [5, 5.41) is 6.69. The molecule has 1 aliphatic rings. The van der Waals surface area contributed by atoms with E-state index in [4.69, 9.17) is 17.0 Å². The van der Waals surface area contributed by atoms with Crippen molar-refractivity contribution in [2.45, 2.75) is 46.6 Å². The molecule has 0 aromatic heterocycles. The van der Waals surface area contributed by atoms with Gasteiger partial charge in [-0.15, -0.1) is 0 Å². The lowest BCUT2D eigenvalue weighted by molar-refractivity contribution is -0.139. The molecule has 1 aromatic rings. The third kappa shape index (κ3) is 4.86. The van der Waals surface area contributed by atoms with Crippen LogP contribution in [-0.4, -0.2) is 35.0 Å². The summed E-state index contributed by atoms with van der Waals surface area (Å²) >= 11 is 5.47. The van der Waals surface area contributed by atoms with Gasteiger partial charge >= 0.3 is 5.97 Å². The quantitative estimate of drug-likeness (QED) is 0.549. The van der Waals surface area contributed by atoms with E-state index in [1.807, 2.05) is 49.9 Å². The molecule has 0 aliphatic carbocycles. The number of nitrogens with zero attached hydrogens (tertiary/aromatic N) is 1. The largest absolute Gasteiger partial charge is 0.463 e. The number of hydrogen-bond donors (Lipinski definition) is 2. The summed E-state index contributed by atoms with van der Waals surface area (Å²) in [7, 11) is 0. The number of nitrogens with one attached hydrogen (secondary N) is 2. The van der Waals surface area contributed by atoms with Crippen LogP contribution in [0.15, 0.2) is 35.5 Å². The van der Waals surface area contributed by atoms with Crippen LogP contribution in [0.25, 0.3) is 0 Å². The molecular formula is C20H27N3O3S. The first-order valence-electron chi connectivity index (χ1n) is 9.28. The van der Waals surface area contributed by atoms with Crippen LogP contribution < -0.4 is 10.6 Å². The predicted molar refractivity (Wildman–Crippen MR) is 110 cm³/mol. The van der Waals surface area contributed by atoms with Gasteiger partial charge in [0.1, 0.15) is 0 Å². The molecule has 1 aromatic carbocycles. The minimum Gasteiger partial charge on any atom is -0.463 e. The summed E-state index contributed by atoms with van der Waals surface area (Å²) in [5.74, 6) is -0.363.